The predicted molar refractivity (Wildman–Crippen MR) is 64.6 cm³/mol. The van der Waals surface area contributed by atoms with E-state index in [-0.39, 0.29) is 17.6 Å². The van der Waals surface area contributed by atoms with Crippen molar-refractivity contribution in [1.82, 2.24) is 0 Å². The Bertz CT molecular complexity index is 267. The Balaban J connectivity index is 0. The van der Waals surface area contributed by atoms with E-state index in [1.165, 1.54) is 6.92 Å². The van der Waals surface area contributed by atoms with E-state index in [4.69, 9.17) is 9.84 Å². The first-order valence-corrected chi connectivity index (χ1v) is 4.77. The molecule has 96 valence electrons. The Hall–Kier alpha value is -1.88. The van der Waals surface area contributed by atoms with E-state index in [1.54, 1.807) is 0 Å². The topological polar surface area (TPSA) is 76.1 Å². The molecule has 1 saturated heterocycles. The van der Waals surface area contributed by atoms with Gasteiger partial charge in [0.2, 0.25) is 0 Å². The fourth-order valence-corrected chi connectivity index (χ4v) is 0.398. The van der Waals surface area contributed by atoms with Crippen molar-refractivity contribution in [2.75, 3.05) is 13.2 Å². The SMILES string of the molecule is C=C.C=C(C)C(=O)O.C=CC(=O)OCC1CO1. The van der Waals surface area contributed by atoms with Crippen LogP contribution in [0.4, 0.5) is 0 Å². The molecule has 0 radical (unpaired) electrons. The predicted octanol–water partition coefficient (Wildman–Crippen LogP) is 1.56. The molecule has 0 aliphatic carbocycles. The molecule has 0 aromatic rings. The Kier molecular flexibility index (Phi) is 11.0. The monoisotopic (exact) mass is 242 g/mol. The first kappa shape index (κ1) is 17.5. The Morgan fingerprint density at radius 2 is 1.94 bits per heavy atom. The molecule has 1 aliphatic heterocycles. The van der Waals surface area contributed by atoms with E-state index < -0.39 is 5.97 Å². The van der Waals surface area contributed by atoms with Crippen LogP contribution in [0.1, 0.15) is 6.92 Å². The average molecular weight is 242 g/mol. The van der Waals surface area contributed by atoms with Crippen LogP contribution < -0.4 is 0 Å². The molecule has 1 aliphatic rings. The molecule has 17 heavy (non-hydrogen) atoms. The molecular weight excluding hydrogens is 224 g/mol. The maximum atomic E-state index is 10.3. The minimum absolute atomic E-state index is 0.147. The average Bonchev–Trinajstić information content (AvgIpc) is 3.13. The van der Waals surface area contributed by atoms with Crippen LogP contribution in [0.25, 0.3) is 0 Å². The number of carbonyl (C=O) groups is 2. The molecule has 0 bridgehead atoms. The summed E-state index contributed by atoms with van der Waals surface area (Å²) in [5, 5.41) is 7.89. The van der Waals surface area contributed by atoms with Crippen molar-refractivity contribution in [2.45, 2.75) is 13.0 Å². The zero-order valence-corrected chi connectivity index (χ0v) is 9.98. The normalized spacial score (nSPS) is 15.0. The number of hydrogen-bond donors (Lipinski definition) is 1. The minimum atomic E-state index is -0.935. The van der Waals surface area contributed by atoms with Crippen LogP contribution in [0, 0.1) is 0 Å². The molecular formula is C12H18O5. The van der Waals surface area contributed by atoms with Gasteiger partial charge >= 0.3 is 11.9 Å². The highest BCUT2D eigenvalue weighted by Gasteiger charge is 2.23. The first-order valence-electron chi connectivity index (χ1n) is 4.77. The lowest BCUT2D eigenvalue weighted by molar-refractivity contribution is -0.138. The van der Waals surface area contributed by atoms with Crippen LogP contribution in [0.3, 0.4) is 0 Å². The maximum Gasteiger partial charge on any atom is 0.330 e. The van der Waals surface area contributed by atoms with Gasteiger partial charge in [0.15, 0.2) is 0 Å². The summed E-state index contributed by atoms with van der Waals surface area (Å²) in [6.45, 7) is 14.9. The van der Waals surface area contributed by atoms with Crippen molar-refractivity contribution < 1.29 is 24.2 Å². The van der Waals surface area contributed by atoms with Gasteiger partial charge in [-0.05, 0) is 6.92 Å². The van der Waals surface area contributed by atoms with Crippen molar-refractivity contribution in [1.29, 1.82) is 0 Å². The lowest BCUT2D eigenvalue weighted by Crippen LogP contribution is -2.06. The molecule has 0 saturated carbocycles. The van der Waals surface area contributed by atoms with E-state index in [0.29, 0.717) is 13.2 Å². The molecule has 0 aromatic carbocycles. The fourth-order valence-electron chi connectivity index (χ4n) is 0.398. The van der Waals surface area contributed by atoms with E-state index in [9.17, 15) is 9.59 Å². The number of ether oxygens (including phenoxy) is 2. The summed E-state index contributed by atoms with van der Waals surface area (Å²) in [6, 6.07) is 0. The molecule has 1 heterocycles. The van der Waals surface area contributed by atoms with Crippen molar-refractivity contribution in [3.63, 3.8) is 0 Å². The fraction of sp³-hybridized carbons (Fsp3) is 0.333. The van der Waals surface area contributed by atoms with Crippen LogP contribution in [0.5, 0.6) is 0 Å². The van der Waals surface area contributed by atoms with Gasteiger partial charge in [-0.15, -0.1) is 13.2 Å². The quantitative estimate of drug-likeness (QED) is 0.350. The summed E-state index contributed by atoms with van der Waals surface area (Å²) in [5.41, 5.74) is 0.176. The highest BCUT2D eigenvalue weighted by atomic mass is 16.6. The van der Waals surface area contributed by atoms with Gasteiger partial charge in [-0.2, -0.15) is 0 Å². The number of esters is 1. The number of carbonyl (C=O) groups excluding carboxylic acids is 1. The van der Waals surface area contributed by atoms with E-state index in [0.717, 1.165) is 6.08 Å². The van der Waals surface area contributed by atoms with Gasteiger partial charge in [0.25, 0.3) is 0 Å². The number of epoxide rings is 1. The standard InChI is InChI=1S/C6H8O3.C4H6O2.C2H4/c1-2-6(7)9-4-5-3-8-5;1-3(2)4(5)6;1-2/h2,5H,1,3-4H2;1H2,2H3,(H,5,6);1-2H2. The summed E-state index contributed by atoms with van der Waals surface area (Å²) >= 11 is 0. The molecule has 1 atom stereocenters. The highest BCUT2D eigenvalue weighted by Crippen LogP contribution is 2.08. The molecule has 1 N–H and O–H groups in total. The van der Waals surface area contributed by atoms with E-state index in [1.807, 2.05) is 0 Å². The number of carboxylic acids is 1. The van der Waals surface area contributed by atoms with Crippen LogP contribution in [-0.4, -0.2) is 36.4 Å². The van der Waals surface area contributed by atoms with Gasteiger partial charge < -0.3 is 14.6 Å². The van der Waals surface area contributed by atoms with Crippen molar-refractivity contribution in [2.24, 2.45) is 0 Å². The summed E-state index contributed by atoms with van der Waals surface area (Å²) in [5.74, 6) is -1.32. The van der Waals surface area contributed by atoms with Crippen LogP contribution >= 0.6 is 0 Å². The second-order valence-electron chi connectivity index (χ2n) is 2.87. The summed E-state index contributed by atoms with van der Waals surface area (Å²) < 4.78 is 9.42. The third-order valence-corrected chi connectivity index (χ3v) is 1.35. The lowest BCUT2D eigenvalue weighted by Gasteiger charge is -1.94. The van der Waals surface area contributed by atoms with Gasteiger partial charge in [-0.1, -0.05) is 13.2 Å². The van der Waals surface area contributed by atoms with Gasteiger partial charge in [0, 0.05) is 11.6 Å². The molecule has 0 spiro atoms. The van der Waals surface area contributed by atoms with Crippen molar-refractivity contribution >= 4 is 11.9 Å². The Morgan fingerprint density at radius 3 is 2.18 bits per heavy atom. The molecule has 5 nitrogen and oxygen atoms in total. The Morgan fingerprint density at radius 1 is 1.53 bits per heavy atom. The molecule has 1 fully saturated rings. The molecule has 0 aromatic heterocycles. The third-order valence-electron chi connectivity index (χ3n) is 1.35. The zero-order chi connectivity index (χ0) is 13.8. The Labute approximate surface area is 101 Å². The third kappa shape index (κ3) is 14.1. The second-order valence-corrected chi connectivity index (χ2v) is 2.87. The first-order chi connectivity index (χ1) is 7.97. The van der Waals surface area contributed by atoms with Crippen LogP contribution in [-0.2, 0) is 19.1 Å². The number of rotatable bonds is 4. The minimum Gasteiger partial charge on any atom is -0.478 e. The molecule has 1 unspecified atom stereocenters. The maximum absolute atomic E-state index is 10.3. The van der Waals surface area contributed by atoms with Gasteiger partial charge in [-0.25, -0.2) is 9.59 Å². The van der Waals surface area contributed by atoms with E-state index >= 15 is 0 Å². The summed E-state index contributed by atoms with van der Waals surface area (Å²) in [4.78, 5) is 19.9. The van der Waals surface area contributed by atoms with Gasteiger partial charge in [0.05, 0.1) is 6.61 Å². The molecule has 5 heteroatoms. The zero-order valence-electron chi connectivity index (χ0n) is 9.98. The number of carboxylic acid groups (broad SMARTS) is 1. The molecule has 1 rings (SSSR count). The van der Waals surface area contributed by atoms with E-state index in [2.05, 4.69) is 31.1 Å². The largest absolute Gasteiger partial charge is 0.478 e. The van der Waals surface area contributed by atoms with Crippen LogP contribution in [0.2, 0.25) is 0 Å². The number of hydrogen-bond acceptors (Lipinski definition) is 4. The summed E-state index contributed by atoms with van der Waals surface area (Å²) in [7, 11) is 0. The molecule has 0 amide bonds. The highest BCUT2D eigenvalue weighted by molar-refractivity contribution is 5.84. The van der Waals surface area contributed by atoms with Gasteiger partial charge in [0.1, 0.15) is 12.7 Å². The van der Waals surface area contributed by atoms with Gasteiger partial charge in [-0.3, -0.25) is 0 Å². The second kappa shape index (κ2) is 10.6. The smallest absolute Gasteiger partial charge is 0.330 e. The van der Waals surface area contributed by atoms with Crippen molar-refractivity contribution in [3.05, 3.63) is 38.0 Å². The van der Waals surface area contributed by atoms with Crippen molar-refractivity contribution in [3.8, 4) is 0 Å². The lowest BCUT2D eigenvalue weighted by atomic mass is 10.4. The summed E-state index contributed by atoms with van der Waals surface area (Å²) in [6.07, 6.45) is 1.29. The number of aliphatic carboxylic acids is 1. The van der Waals surface area contributed by atoms with Crippen LogP contribution in [0.15, 0.2) is 38.0 Å².